The molecule has 16 heavy (non-hydrogen) atoms. The number of carboxylic acid groups (broad SMARTS) is 1. The van der Waals surface area contributed by atoms with E-state index >= 15 is 0 Å². The van der Waals surface area contributed by atoms with Crippen LogP contribution in [-0.2, 0) is 7.05 Å². The van der Waals surface area contributed by atoms with Crippen LogP contribution in [0.25, 0.3) is 11.5 Å². The van der Waals surface area contributed by atoms with Crippen LogP contribution in [0.15, 0.2) is 16.5 Å². The molecule has 2 aromatic heterocycles. The summed E-state index contributed by atoms with van der Waals surface area (Å²) in [5.74, 6) is 0.859. The normalized spacial score (nSPS) is 10.7. The van der Waals surface area contributed by atoms with Gasteiger partial charge in [0.05, 0.1) is 0 Å². The van der Waals surface area contributed by atoms with E-state index in [9.17, 15) is 4.79 Å². The molecule has 84 valence electrons. The standard InChI is InChI=1S/C11H12N2O3/c1-6-4-5-8(16-6)10-9(11(14)15)12-7(2)13(10)3/h4-5H,1-3H3,(H,14,15). The highest BCUT2D eigenvalue weighted by molar-refractivity contribution is 5.92. The number of hydrogen-bond donors (Lipinski definition) is 1. The van der Waals surface area contributed by atoms with E-state index in [4.69, 9.17) is 9.52 Å². The van der Waals surface area contributed by atoms with Crippen LogP contribution in [0.1, 0.15) is 22.1 Å². The van der Waals surface area contributed by atoms with Crippen LogP contribution in [0, 0.1) is 13.8 Å². The van der Waals surface area contributed by atoms with Gasteiger partial charge < -0.3 is 14.1 Å². The van der Waals surface area contributed by atoms with Gasteiger partial charge in [0.25, 0.3) is 0 Å². The monoisotopic (exact) mass is 220 g/mol. The summed E-state index contributed by atoms with van der Waals surface area (Å²) in [6.07, 6.45) is 0. The van der Waals surface area contributed by atoms with E-state index in [1.807, 2.05) is 6.92 Å². The zero-order valence-corrected chi connectivity index (χ0v) is 9.31. The summed E-state index contributed by atoms with van der Waals surface area (Å²) < 4.78 is 7.14. The van der Waals surface area contributed by atoms with Crippen LogP contribution < -0.4 is 0 Å². The lowest BCUT2D eigenvalue weighted by atomic mass is 10.2. The lowest BCUT2D eigenvalue weighted by molar-refractivity contribution is 0.0691. The lowest BCUT2D eigenvalue weighted by Crippen LogP contribution is -2.00. The van der Waals surface area contributed by atoms with Gasteiger partial charge >= 0.3 is 5.97 Å². The number of carboxylic acids is 1. The number of imidazole rings is 1. The molecule has 0 unspecified atom stereocenters. The molecule has 0 fully saturated rings. The molecule has 1 N–H and O–H groups in total. The van der Waals surface area contributed by atoms with Gasteiger partial charge in [-0.1, -0.05) is 0 Å². The number of aromatic nitrogens is 2. The number of aryl methyl sites for hydroxylation is 2. The Bertz CT molecular complexity index is 552. The Balaban J connectivity index is 2.67. The molecule has 5 nitrogen and oxygen atoms in total. The van der Waals surface area contributed by atoms with Gasteiger partial charge in [0.15, 0.2) is 11.5 Å². The number of carbonyl (C=O) groups is 1. The molecule has 0 atom stereocenters. The Hall–Kier alpha value is -2.04. The topological polar surface area (TPSA) is 68.3 Å². The van der Waals surface area contributed by atoms with Crippen molar-refractivity contribution in [3.05, 3.63) is 29.4 Å². The van der Waals surface area contributed by atoms with Crippen molar-refractivity contribution >= 4 is 5.97 Å². The minimum atomic E-state index is -1.05. The van der Waals surface area contributed by atoms with Crippen molar-refractivity contribution in [3.8, 4) is 11.5 Å². The third kappa shape index (κ3) is 1.50. The molecule has 0 spiro atoms. The third-order valence-electron chi connectivity index (χ3n) is 2.50. The van der Waals surface area contributed by atoms with Crippen molar-refractivity contribution in [2.45, 2.75) is 13.8 Å². The van der Waals surface area contributed by atoms with Gasteiger partial charge in [-0.25, -0.2) is 9.78 Å². The quantitative estimate of drug-likeness (QED) is 0.840. The van der Waals surface area contributed by atoms with Crippen LogP contribution in [0.5, 0.6) is 0 Å². The van der Waals surface area contributed by atoms with Crippen LogP contribution in [0.2, 0.25) is 0 Å². The summed E-state index contributed by atoms with van der Waals surface area (Å²) in [5.41, 5.74) is 0.521. The first kappa shape index (κ1) is 10.5. The highest BCUT2D eigenvalue weighted by Gasteiger charge is 2.21. The first-order valence-corrected chi connectivity index (χ1v) is 4.84. The Morgan fingerprint density at radius 2 is 2.12 bits per heavy atom. The predicted molar refractivity (Wildman–Crippen MR) is 57.3 cm³/mol. The maximum Gasteiger partial charge on any atom is 0.356 e. The molecule has 2 rings (SSSR count). The zero-order valence-electron chi connectivity index (χ0n) is 9.31. The highest BCUT2D eigenvalue weighted by atomic mass is 16.4. The van der Waals surface area contributed by atoms with Gasteiger partial charge in [-0.3, -0.25) is 0 Å². The van der Waals surface area contributed by atoms with Crippen molar-refractivity contribution in [1.82, 2.24) is 9.55 Å². The van der Waals surface area contributed by atoms with Crippen LogP contribution in [-0.4, -0.2) is 20.6 Å². The Kier molecular flexibility index (Phi) is 2.30. The average molecular weight is 220 g/mol. The molecule has 0 aliphatic heterocycles. The summed E-state index contributed by atoms with van der Waals surface area (Å²) in [7, 11) is 1.77. The van der Waals surface area contributed by atoms with Crippen LogP contribution in [0.4, 0.5) is 0 Å². The maximum absolute atomic E-state index is 11.0. The summed E-state index contributed by atoms with van der Waals surface area (Å²) in [6, 6.07) is 3.54. The molecule has 0 aliphatic carbocycles. The zero-order chi connectivity index (χ0) is 11.9. The van der Waals surface area contributed by atoms with Gasteiger partial charge in [0.1, 0.15) is 17.3 Å². The summed E-state index contributed by atoms with van der Waals surface area (Å²) in [5, 5.41) is 9.05. The molecule has 0 bridgehead atoms. The Labute approximate surface area is 92.3 Å². The molecule has 0 radical (unpaired) electrons. The minimum Gasteiger partial charge on any atom is -0.476 e. The van der Waals surface area contributed by atoms with Crippen LogP contribution >= 0.6 is 0 Å². The molecule has 2 heterocycles. The number of aromatic carboxylic acids is 1. The number of nitrogens with zero attached hydrogens (tertiary/aromatic N) is 2. The summed E-state index contributed by atoms with van der Waals surface area (Å²) in [6.45, 7) is 3.57. The second-order valence-electron chi connectivity index (χ2n) is 3.63. The Morgan fingerprint density at radius 3 is 2.62 bits per heavy atom. The summed E-state index contributed by atoms with van der Waals surface area (Å²) in [4.78, 5) is 15.0. The molecule has 2 aromatic rings. The lowest BCUT2D eigenvalue weighted by Gasteiger charge is -2.01. The third-order valence-corrected chi connectivity index (χ3v) is 2.50. The average Bonchev–Trinajstić information content (AvgIpc) is 2.73. The molecule has 0 saturated heterocycles. The number of furan rings is 1. The van der Waals surface area contributed by atoms with E-state index in [1.165, 1.54) is 0 Å². The molecule has 0 aromatic carbocycles. The van der Waals surface area contributed by atoms with Crippen molar-refractivity contribution in [3.63, 3.8) is 0 Å². The smallest absolute Gasteiger partial charge is 0.356 e. The van der Waals surface area contributed by atoms with E-state index in [-0.39, 0.29) is 5.69 Å². The first-order valence-electron chi connectivity index (χ1n) is 4.84. The fraction of sp³-hybridized carbons (Fsp3) is 0.273. The van der Waals surface area contributed by atoms with Gasteiger partial charge in [-0.2, -0.15) is 0 Å². The molecular weight excluding hydrogens is 208 g/mol. The molecular formula is C11H12N2O3. The summed E-state index contributed by atoms with van der Waals surface area (Å²) >= 11 is 0. The van der Waals surface area contributed by atoms with Gasteiger partial charge in [-0.15, -0.1) is 0 Å². The highest BCUT2D eigenvalue weighted by Crippen LogP contribution is 2.26. The van der Waals surface area contributed by atoms with E-state index in [0.717, 1.165) is 5.76 Å². The van der Waals surface area contributed by atoms with Crippen molar-refractivity contribution in [2.24, 2.45) is 7.05 Å². The fourth-order valence-corrected chi connectivity index (χ4v) is 1.60. The number of rotatable bonds is 2. The molecule has 0 amide bonds. The van der Waals surface area contributed by atoms with Crippen LogP contribution in [0.3, 0.4) is 0 Å². The second-order valence-corrected chi connectivity index (χ2v) is 3.63. The molecule has 0 aliphatic rings. The molecule has 5 heteroatoms. The molecule has 0 saturated carbocycles. The van der Waals surface area contributed by atoms with Crippen molar-refractivity contribution < 1.29 is 14.3 Å². The number of hydrogen-bond acceptors (Lipinski definition) is 3. The first-order chi connectivity index (χ1) is 7.50. The minimum absolute atomic E-state index is 0.0225. The fourth-order valence-electron chi connectivity index (χ4n) is 1.60. The van der Waals surface area contributed by atoms with Gasteiger partial charge in [0.2, 0.25) is 0 Å². The largest absolute Gasteiger partial charge is 0.476 e. The Morgan fingerprint density at radius 1 is 1.44 bits per heavy atom. The SMILES string of the molecule is Cc1ccc(-c2c(C(=O)O)nc(C)n2C)o1. The van der Waals surface area contributed by atoms with Crippen molar-refractivity contribution in [1.29, 1.82) is 0 Å². The van der Waals surface area contributed by atoms with E-state index in [2.05, 4.69) is 4.98 Å². The van der Waals surface area contributed by atoms with Gasteiger partial charge in [0, 0.05) is 7.05 Å². The maximum atomic E-state index is 11.0. The van der Waals surface area contributed by atoms with E-state index < -0.39 is 5.97 Å². The predicted octanol–water partition coefficient (Wildman–Crippen LogP) is 2.00. The second kappa shape index (κ2) is 3.52. The van der Waals surface area contributed by atoms with E-state index in [0.29, 0.717) is 17.3 Å². The van der Waals surface area contributed by atoms with E-state index in [1.54, 1.807) is 30.7 Å². The van der Waals surface area contributed by atoms with Gasteiger partial charge in [-0.05, 0) is 26.0 Å². The van der Waals surface area contributed by atoms with Crippen molar-refractivity contribution in [2.75, 3.05) is 0 Å².